The van der Waals surface area contributed by atoms with Gasteiger partial charge in [0.2, 0.25) is 5.82 Å². The molecule has 0 bridgehead atoms. The lowest BCUT2D eigenvalue weighted by Crippen LogP contribution is -2.25. The van der Waals surface area contributed by atoms with Gasteiger partial charge in [0.15, 0.2) is 0 Å². The first-order chi connectivity index (χ1) is 12.7. The standard InChI is InChI=1S/C18H18FN5O3/c1-9(2)24-13-10(19)6-5-7-11(13)23-8-20-12(14(23)16(24)25)15-21-17(27-22-15)18(3,4)26/h5-9,26H,1-4H3. The van der Waals surface area contributed by atoms with E-state index in [0.29, 0.717) is 5.52 Å². The highest BCUT2D eigenvalue weighted by atomic mass is 19.1. The van der Waals surface area contributed by atoms with Crippen LogP contribution in [-0.4, -0.2) is 29.2 Å². The summed E-state index contributed by atoms with van der Waals surface area (Å²) >= 11 is 0. The summed E-state index contributed by atoms with van der Waals surface area (Å²) < 4.78 is 22.5. The Labute approximate surface area is 152 Å². The minimum Gasteiger partial charge on any atom is -0.381 e. The average molecular weight is 371 g/mol. The molecular weight excluding hydrogens is 353 g/mol. The first-order valence-corrected chi connectivity index (χ1v) is 8.47. The molecule has 0 saturated heterocycles. The molecule has 0 aliphatic rings. The number of aliphatic hydroxyl groups is 1. The fraction of sp³-hybridized carbons (Fsp3) is 0.333. The van der Waals surface area contributed by atoms with Gasteiger partial charge in [0.05, 0.1) is 5.52 Å². The van der Waals surface area contributed by atoms with Crippen LogP contribution in [0.5, 0.6) is 0 Å². The summed E-state index contributed by atoms with van der Waals surface area (Å²) in [6.45, 7) is 6.64. The van der Waals surface area contributed by atoms with Crippen molar-refractivity contribution < 1.29 is 14.0 Å². The molecule has 27 heavy (non-hydrogen) atoms. The zero-order chi connectivity index (χ0) is 19.5. The normalized spacial score (nSPS) is 12.6. The molecule has 8 nitrogen and oxygen atoms in total. The van der Waals surface area contributed by atoms with Crippen molar-refractivity contribution in [3.8, 4) is 11.5 Å². The third-order valence-corrected chi connectivity index (χ3v) is 4.33. The highest BCUT2D eigenvalue weighted by Gasteiger charge is 2.27. The van der Waals surface area contributed by atoms with Gasteiger partial charge in [0.25, 0.3) is 11.4 Å². The van der Waals surface area contributed by atoms with Crippen LogP contribution in [0, 0.1) is 5.82 Å². The lowest BCUT2D eigenvalue weighted by molar-refractivity contribution is 0.0420. The third kappa shape index (κ3) is 2.54. The van der Waals surface area contributed by atoms with Crippen molar-refractivity contribution in [2.75, 3.05) is 0 Å². The van der Waals surface area contributed by atoms with Gasteiger partial charge in [-0.15, -0.1) is 0 Å². The van der Waals surface area contributed by atoms with E-state index in [1.165, 1.54) is 35.2 Å². The molecule has 4 rings (SSSR count). The van der Waals surface area contributed by atoms with E-state index in [0.717, 1.165) is 0 Å². The molecule has 0 radical (unpaired) electrons. The Kier molecular flexibility index (Phi) is 3.67. The molecular formula is C18H18FN5O3. The highest BCUT2D eigenvalue weighted by Crippen LogP contribution is 2.27. The number of hydrogen-bond acceptors (Lipinski definition) is 6. The molecule has 1 N–H and O–H groups in total. The van der Waals surface area contributed by atoms with Crippen molar-refractivity contribution in [2.24, 2.45) is 0 Å². The molecule has 0 unspecified atom stereocenters. The Bertz CT molecular complexity index is 1230. The van der Waals surface area contributed by atoms with Crippen molar-refractivity contribution in [2.45, 2.75) is 39.3 Å². The van der Waals surface area contributed by atoms with Crippen LogP contribution in [0.15, 0.2) is 33.8 Å². The lowest BCUT2D eigenvalue weighted by Gasteiger charge is -2.16. The van der Waals surface area contributed by atoms with Crippen molar-refractivity contribution in [3.05, 3.63) is 46.6 Å². The maximum atomic E-state index is 14.5. The first-order valence-electron chi connectivity index (χ1n) is 8.47. The maximum Gasteiger partial charge on any atom is 0.278 e. The molecule has 3 heterocycles. The van der Waals surface area contributed by atoms with Gasteiger partial charge in [0, 0.05) is 6.04 Å². The minimum atomic E-state index is -1.32. The Morgan fingerprint density at radius 3 is 2.63 bits per heavy atom. The van der Waals surface area contributed by atoms with Crippen LogP contribution in [0.4, 0.5) is 4.39 Å². The number of benzene rings is 1. The molecule has 1 aromatic carbocycles. The van der Waals surface area contributed by atoms with Crippen LogP contribution in [0.1, 0.15) is 39.6 Å². The summed E-state index contributed by atoms with van der Waals surface area (Å²) in [5, 5.41) is 13.9. The summed E-state index contributed by atoms with van der Waals surface area (Å²) in [6.07, 6.45) is 1.43. The molecule has 0 amide bonds. The van der Waals surface area contributed by atoms with Crippen molar-refractivity contribution in [3.63, 3.8) is 0 Å². The van der Waals surface area contributed by atoms with E-state index >= 15 is 0 Å². The van der Waals surface area contributed by atoms with Gasteiger partial charge in [-0.1, -0.05) is 11.2 Å². The maximum absolute atomic E-state index is 14.5. The van der Waals surface area contributed by atoms with Crippen LogP contribution in [0.2, 0.25) is 0 Å². The van der Waals surface area contributed by atoms with E-state index < -0.39 is 17.0 Å². The zero-order valence-corrected chi connectivity index (χ0v) is 15.3. The molecule has 140 valence electrons. The molecule has 0 saturated carbocycles. The van der Waals surface area contributed by atoms with Crippen molar-refractivity contribution in [1.29, 1.82) is 0 Å². The SMILES string of the molecule is CC(C)n1c(=O)c2c(-c3noc(C(C)(C)O)n3)ncn2c2cccc(F)c21. The minimum absolute atomic E-state index is 0.00895. The number of aromatic nitrogens is 5. The number of imidazole rings is 1. The van der Waals surface area contributed by atoms with Gasteiger partial charge in [-0.3, -0.25) is 13.8 Å². The van der Waals surface area contributed by atoms with Gasteiger partial charge in [-0.05, 0) is 39.8 Å². The van der Waals surface area contributed by atoms with Crippen LogP contribution >= 0.6 is 0 Å². The Balaban J connectivity index is 2.11. The van der Waals surface area contributed by atoms with Crippen LogP contribution in [0.3, 0.4) is 0 Å². The molecule has 4 aromatic rings. The van der Waals surface area contributed by atoms with Crippen molar-refractivity contribution in [1.82, 2.24) is 24.1 Å². The second-order valence-electron chi connectivity index (χ2n) is 7.17. The van der Waals surface area contributed by atoms with Crippen molar-refractivity contribution >= 4 is 16.6 Å². The van der Waals surface area contributed by atoms with E-state index in [9.17, 15) is 14.3 Å². The topological polar surface area (TPSA) is 98.5 Å². The van der Waals surface area contributed by atoms with Crippen LogP contribution in [0.25, 0.3) is 28.1 Å². The van der Waals surface area contributed by atoms with E-state index in [2.05, 4.69) is 15.1 Å². The summed E-state index contributed by atoms with van der Waals surface area (Å²) in [4.78, 5) is 21.6. The lowest BCUT2D eigenvalue weighted by atomic mass is 10.1. The van der Waals surface area contributed by atoms with Gasteiger partial charge in [0.1, 0.15) is 34.5 Å². The van der Waals surface area contributed by atoms with Crippen LogP contribution in [-0.2, 0) is 5.60 Å². The summed E-state index contributed by atoms with van der Waals surface area (Å²) in [7, 11) is 0. The highest BCUT2D eigenvalue weighted by molar-refractivity contribution is 5.84. The third-order valence-electron chi connectivity index (χ3n) is 4.33. The monoisotopic (exact) mass is 371 g/mol. The predicted molar refractivity (Wildman–Crippen MR) is 95.8 cm³/mol. The van der Waals surface area contributed by atoms with Gasteiger partial charge in [-0.25, -0.2) is 9.37 Å². The molecule has 0 aliphatic carbocycles. The van der Waals surface area contributed by atoms with E-state index in [1.54, 1.807) is 26.0 Å². The number of halogens is 1. The Morgan fingerprint density at radius 2 is 2.00 bits per heavy atom. The first kappa shape index (κ1) is 17.3. The second kappa shape index (κ2) is 5.71. The van der Waals surface area contributed by atoms with Gasteiger partial charge < -0.3 is 9.63 Å². The number of nitrogens with zero attached hydrogens (tertiary/aromatic N) is 5. The zero-order valence-electron chi connectivity index (χ0n) is 15.3. The van der Waals surface area contributed by atoms with Gasteiger partial charge in [-0.2, -0.15) is 4.98 Å². The van der Waals surface area contributed by atoms with E-state index in [-0.39, 0.29) is 34.5 Å². The molecule has 9 heteroatoms. The molecule has 0 atom stereocenters. The van der Waals surface area contributed by atoms with E-state index in [1.807, 2.05) is 0 Å². The smallest absolute Gasteiger partial charge is 0.278 e. The van der Waals surface area contributed by atoms with Gasteiger partial charge >= 0.3 is 0 Å². The second-order valence-corrected chi connectivity index (χ2v) is 7.17. The van der Waals surface area contributed by atoms with E-state index in [4.69, 9.17) is 4.52 Å². The molecule has 0 aliphatic heterocycles. The number of para-hydroxylation sites is 1. The molecule has 0 fully saturated rings. The summed E-state index contributed by atoms with van der Waals surface area (Å²) in [5.41, 5.74) is -0.605. The predicted octanol–water partition coefficient (Wildman–Crippen LogP) is 2.65. The summed E-state index contributed by atoms with van der Waals surface area (Å²) in [6, 6.07) is 4.33. The summed E-state index contributed by atoms with van der Waals surface area (Å²) in [5.74, 6) is -0.396. The average Bonchev–Trinajstić information content (AvgIpc) is 3.22. The molecule has 0 spiro atoms. The number of rotatable bonds is 3. The largest absolute Gasteiger partial charge is 0.381 e. The fourth-order valence-electron chi connectivity index (χ4n) is 3.11. The van der Waals surface area contributed by atoms with Crippen LogP contribution < -0.4 is 5.56 Å². The molecule has 3 aromatic heterocycles. The Hall–Kier alpha value is -3.07. The number of fused-ring (bicyclic) bond motifs is 3. The Morgan fingerprint density at radius 1 is 1.26 bits per heavy atom. The number of hydrogen-bond donors (Lipinski definition) is 1. The quantitative estimate of drug-likeness (QED) is 0.594. The fourth-order valence-corrected chi connectivity index (χ4v) is 3.11.